The highest BCUT2D eigenvalue weighted by atomic mass is 79.9. The summed E-state index contributed by atoms with van der Waals surface area (Å²) in [5, 5.41) is 0.858. The lowest BCUT2D eigenvalue weighted by Gasteiger charge is -2.33. The molecule has 2 heteroatoms. The average Bonchev–Trinajstić information content (AvgIpc) is 2.32. The Hall–Kier alpha value is -0.0100. The van der Waals surface area contributed by atoms with Crippen LogP contribution in [0, 0.1) is 11.8 Å². The highest BCUT2D eigenvalue weighted by Gasteiger charge is 2.27. The van der Waals surface area contributed by atoms with Gasteiger partial charge in [-0.25, -0.2) is 0 Å². The van der Waals surface area contributed by atoms with Crippen LogP contribution >= 0.6 is 27.5 Å². The molecular formula is C15H20BrCl. The van der Waals surface area contributed by atoms with Crippen molar-refractivity contribution in [3.8, 4) is 0 Å². The molecule has 1 aliphatic rings. The summed E-state index contributed by atoms with van der Waals surface area (Å²) in [6, 6.07) is 8.31. The van der Waals surface area contributed by atoms with Crippen LogP contribution in [0.4, 0.5) is 0 Å². The van der Waals surface area contributed by atoms with Gasteiger partial charge in [0.1, 0.15) is 0 Å². The van der Waals surface area contributed by atoms with Crippen molar-refractivity contribution < 1.29 is 0 Å². The van der Waals surface area contributed by atoms with E-state index in [1.807, 2.05) is 6.07 Å². The third-order valence-electron chi connectivity index (χ3n) is 3.96. The number of hydrogen-bond donors (Lipinski definition) is 0. The van der Waals surface area contributed by atoms with Crippen LogP contribution in [0.25, 0.3) is 0 Å². The van der Waals surface area contributed by atoms with E-state index in [2.05, 4.69) is 41.1 Å². The van der Waals surface area contributed by atoms with Crippen LogP contribution in [-0.2, 0) is 6.42 Å². The Morgan fingerprint density at radius 3 is 2.88 bits per heavy atom. The second-order valence-corrected chi connectivity index (χ2v) is 6.81. The maximum atomic E-state index is 6.04. The molecule has 0 nitrogen and oxygen atoms in total. The summed E-state index contributed by atoms with van der Waals surface area (Å²) in [7, 11) is 0. The second kappa shape index (κ2) is 6.24. The molecule has 94 valence electrons. The first-order chi connectivity index (χ1) is 8.19. The van der Waals surface area contributed by atoms with Crippen molar-refractivity contribution in [2.75, 3.05) is 0 Å². The van der Waals surface area contributed by atoms with E-state index in [9.17, 15) is 0 Å². The summed E-state index contributed by atoms with van der Waals surface area (Å²) in [6.45, 7) is 2.32. The molecular weight excluding hydrogens is 296 g/mol. The third-order valence-corrected chi connectivity index (χ3v) is 5.40. The van der Waals surface area contributed by atoms with Crippen LogP contribution in [0.15, 0.2) is 24.3 Å². The standard InChI is InChI=1S/C15H20BrCl/c1-2-11-6-7-15(16)13(8-11)9-12-4-3-5-14(17)10-12/h3-5,10-11,13,15H,2,6-9H2,1H3. The fourth-order valence-electron chi connectivity index (χ4n) is 2.87. The van der Waals surface area contributed by atoms with E-state index in [1.165, 1.54) is 31.2 Å². The number of hydrogen-bond acceptors (Lipinski definition) is 0. The lowest BCUT2D eigenvalue weighted by Crippen LogP contribution is -2.26. The summed E-state index contributed by atoms with van der Waals surface area (Å²) >= 11 is 9.90. The molecule has 1 aromatic rings. The van der Waals surface area contributed by atoms with Crippen molar-refractivity contribution in [2.24, 2.45) is 11.8 Å². The Bertz CT molecular complexity index is 364. The topological polar surface area (TPSA) is 0 Å². The minimum Gasteiger partial charge on any atom is -0.0888 e. The van der Waals surface area contributed by atoms with E-state index >= 15 is 0 Å². The Morgan fingerprint density at radius 2 is 2.18 bits per heavy atom. The Balaban J connectivity index is 2.01. The molecule has 0 radical (unpaired) electrons. The fourth-order valence-corrected chi connectivity index (χ4v) is 3.75. The molecule has 1 aliphatic carbocycles. The van der Waals surface area contributed by atoms with Gasteiger partial charge in [0.05, 0.1) is 0 Å². The highest BCUT2D eigenvalue weighted by molar-refractivity contribution is 9.09. The van der Waals surface area contributed by atoms with E-state index in [4.69, 9.17) is 11.6 Å². The van der Waals surface area contributed by atoms with Crippen molar-refractivity contribution >= 4 is 27.5 Å². The Kier molecular flexibility index (Phi) is 4.93. The first kappa shape index (κ1) is 13.4. The van der Waals surface area contributed by atoms with E-state index in [1.54, 1.807) is 0 Å². The number of benzene rings is 1. The van der Waals surface area contributed by atoms with Gasteiger partial charge in [-0.05, 0) is 55.2 Å². The van der Waals surface area contributed by atoms with Gasteiger partial charge in [-0.15, -0.1) is 0 Å². The van der Waals surface area contributed by atoms with Gasteiger partial charge in [-0.1, -0.05) is 53.0 Å². The van der Waals surface area contributed by atoms with Crippen molar-refractivity contribution in [2.45, 2.75) is 43.9 Å². The van der Waals surface area contributed by atoms with Crippen LogP contribution < -0.4 is 0 Å². The third kappa shape index (κ3) is 3.72. The SMILES string of the molecule is CCC1CCC(Br)C(Cc2cccc(Cl)c2)C1. The molecule has 2 rings (SSSR count). The minimum absolute atomic E-state index is 0.685. The van der Waals surface area contributed by atoms with Gasteiger partial charge >= 0.3 is 0 Å². The lowest BCUT2D eigenvalue weighted by molar-refractivity contribution is 0.271. The predicted molar refractivity (Wildman–Crippen MR) is 79.0 cm³/mol. The fraction of sp³-hybridized carbons (Fsp3) is 0.600. The largest absolute Gasteiger partial charge is 0.0888 e. The van der Waals surface area contributed by atoms with Crippen molar-refractivity contribution in [3.05, 3.63) is 34.9 Å². The molecule has 0 N–H and O–H groups in total. The summed E-state index contributed by atoms with van der Waals surface area (Å²) in [5.74, 6) is 1.69. The van der Waals surface area contributed by atoms with Gasteiger partial charge in [-0.2, -0.15) is 0 Å². The van der Waals surface area contributed by atoms with Gasteiger partial charge in [0.15, 0.2) is 0 Å². The Labute approximate surface area is 118 Å². The average molecular weight is 316 g/mol. The molecule has 1 aromatic carbocycles. The molecule has 3 unspecified atom stereocenters. The molecule has 3 atom stereocenters. The maximum absolute atomic E-state index is 6.04. The molecule has 0 bridgehead atoms. The zero-order valence-corrected chi connectivity index (χ0v) is 12.7. The quantitative estimate of drug-likeness (QED) is 0.649. The van der Waals surface area contributed by atoms with Crippen molar-refractivity contribution in [1.82, 2.24) is 0 Å². The molecule has 0 saturated heterocycles. The molecule has 0 amide bonds. The highest BCUT2D eigenvalue weighted by Crippen LogP contribution is 2.37. The number of rotatable bonds is 3. The second-order valence-electron chi connectivity index (χ2n) is 5.20. The first-order valence-electron chi connectivity index (χ1n) is 6.57. The van der Waals surface area contributed by atoms with E-state index in [0.29, 0.717) is 4.83 Å². The van der Waals surface area contributed by atoms with Crippen LogP contribution in [-0.4, -0.2) is 4.83 Å². The van der Waals surface area contributed by atoms with E-state index in [0.717, 1.165) is 23.3 Å². The number of halogens is 2. The molecule has 0 aliphatic heterocycles. The van der Waals surface area contributed by atoms with Gasteiger partial charge in [0.25, 0.3) is 0 Å². The van der Waals surface area contributed by atoms with Gasteiger partial charge in [0, 0.05) is 9.85 Å². The monoisotopic (exact) mass is 314 g/mol. The van der Waals surface area contributed by atoms with Crippen LogP contribution in [0.2, 0.25) is 5.02 Å². The molecule has 0 heterocycles. The van der Waals surface area contributed by atoms with E-state index < -0.39 is 0 Å². The van der Waals surface area contributed by atoms with Crippen LogP contribution in [0.1, 0.15) is 38.2 Å². The van der Waals surface area contributed by atoms with E-state index in [-0.39, 0.29) is 0 Å². The zero-order valence-electron chi connectivity index (χ0n) is 10.3. The minimum atomic E-state index is 0.685. The van der Waals surface area contributed by atoms with Gasteiger partial charge in [-0.3, -0.25) is 0 Å². The Morgan fingerprint density at radius 1 is 1.35 bits per heavy atom. The van der Waals surface area contributed by atoms with Crippen LogP contribution in [0.5, 0.6) is 0 Å². The molecule has 1 saturated carbocycles. The molecule has 0 aromatic heterocycles. The van der Waals surface area contributed by atoms with Gasteiger partial charge in [0.2, 0.25) is 0 Å². The molecule has 17 heavy (non-hydrogen) atoms. The van der Waals surface area contributed by atoms with Crippen molar-refractivity contribution in [1.29, 1.82) is 0 Å². The van der Waals surface area contributed by atoms with Crippen LogP contribution in [0.3, 0.4) is 0 Å². The molecule has 0 spiro atoms. The first-order valence-corrected chi connectivity index (χ1v) is 7.87. The summed E-state index contributed by atoms with van der Waals surface area (Å²) in [5.41, 5.74) is 1.38. The zero-order chi connectivity index (χ0) is 12.3. The summed E-state index contributed by atoms with van der Waals surface area (Å²) in [4.78, 5) is 0.685. The number of alkyl halides is 1. The smallest absolute Gasteiger partial charge is 0.0408 e. The normalized spacial score (nSPS) is 29.2. The summed E-state index contributed by atoms with van der Waals surface area (Å²) in [6.07, 6.45) is 6.56. The van der Waals surface area contributed by atoms with Crippen molar-refractivity contribution in [3.63, 3.8) is 0 Å². The van der Waals surface area contributed by atoms with Gasteiger partial charge < -0.3 is 0 Å². The summed E-state index contributed by atoms with van der Waals surface area (Å²) < 4.78 is 0. The maximum Gasteiger partial charge on any atom is 0.0408 e. The predicted octanol–water partition coefficient (Wildman–Crippen LogP) is 5.47. The lowest BCUT2D eigenvalue weighted by atomic mass is 9.77. The molecule has 1 fully saturated rings.